The van der Waals surface area contributed by atoms with Crippen molar-refractivity contribution in [1.82, 2.24) is 15.0 Å². The van der Waals surface area contributed by atoms with Gasteiger partial charge in [-0.2, -0.15) is 4.98 Å². The van der Waals surface area contributed by atoms with Crippen LogP contribution in [-0.2, 0) is 11.2 Å². The van der Waals surface area contributed by atoms with Gasteiger partial charge >= 0.3 is 0 Å². The normalized spacial score (nSPS) is 10.6. The lowest BCUT2D eigenvalue weighted by atomic mass is 10.2. The van der Waals surface area contributed by atoms with Crippen molar-refractivity contribution in [2.45, 2.75) is 12.8 Å². The van der Waals surface area contributed by atoms with Crippen LogP contribution >= 0.6 is 11.6 Å². The van der Waals surface area contributed by atoms with Crippen LogP contribution in [0.4, 0.5) is 0 Å². The van der Waals surface area contributed by atoms with Crippen LogP contribution < -0.4 is 9.47 Å². The molecular weight excluding hydrogens is 394 g/mol. The molecule has 152 valence electrons. The van der Waals surface area contributed by atoms with Gasteiger partial charge in [-0.25, -0.2) is 0 Å². The second-order valence-electron chi connectivity index (χ2n) is 6.36. The molecule has 1 heterocycles. The predicted octanol–water partition coefficient (Wildman–Crippen LogP) is 3.87. The number of nitrogens with zero attached hydrogens (tertiary/aromatic N) is 3. The summed E-state index contributed by atoms with van der Waals surface area (Å²) in [5, 5.41) is 4.58. The quantitative estimate of drug-likeness (QED) is 0.528. The molecule has 0 unspecified atom stereocenters. The summed E-state index contributed by atoms with van der Waals surface area (Å²) in [5.74, 6) is 2.32. The molecule has 8 heteroatoms. The molecule has 1 amide bonds. The van der Waals surface area contributed by atoms with Gasteiger partial charge in [0.25, 0.3) is 0 Å². The fourth-order valence-corrected chi connectivity index (χ4v) is 2.78. The van der Waals surface area contributed by atoms with Crippen LogP contribution in [0.3, 0.4) is 0 Å². The summed E-state index contributed by atoms with van der Waals surface area (Å²) in [6.07, 6.45) is 0.652. The van der Waals surface area contributed by atoms with Crippen LogP contribution in [0.25, 0.3) is 11.4 Å². The van der Waals surface area contributed by atoms with E-state index in [2.05, 4.69) is 10.1 Å². The van der Waals surface area contributed by atoms with Crippen molar-refractivity contribution in [3.05, 3.63) is 59.4 Å². The van der Waals surface area contributed by atoms with Gasteiger partial charge in [-0.15, -0.1) is 0 Å². The number of aryl methyl sites for hydroxylation is 1. The Morgan fingerprint density at radius 1 is 1.17 bits per heavy atom. The van der Waals surface area contributed by atoms with Crippen LogP contribution in [0.2, 0.25) is 5.02 Å². The minimum Gasteiger partial charge on any atom is -0.497 e. The molecule has 3 rings (SSSR count). The number of methoxy groups -OCH3 is 1. The van der Waals surface area contributed by atoms with Gasteiger partial charge in [0, 0.05) is 30.5 Å². The van der Waals surface area contributed by atoms with Gasteiger partial charge in [0.05, 0.1) is 13.7 Å². The summed E-state index contributed by atoms with van der Waals surface area (Å²) in [4.78, 5) is 18.3. The molecule has 0 aliphatic carbocycles. The number of amides is 1. The highest BCUT2D eigenvalue weighted by Gasteiger charge is 2.13. The molecule has 7 nitrogen and oxygen atoms in total. The Labute approximate surface area is 174 Å². The maximum atomic E-state index is 12.3. The number of benzene rings is 2. The molecule has 0 radical (unpaired) electrons. The van der Waals surface area contributed by atoms with E-state index in [9.17, 15) is 4.79 Å². The Bertz CT molecular complexity index is 943. The first-order valence-electron chi connectivity index (χ1n) is 9.14. The number of ether oxygens (including phenoxy) is 2. The Morgan fingerprint density at radius 3 is 2.69 bits per heavy atom. The van der Waals surface area contributed by atoms with E-state index in [0.29, 0.717) is 42.1 Å². The molecule has 0 aliphatic rings. The summed E-state index contributed by atoms with van der Waals surface area (Å²) < 4.78 is 16.0. The fourth-order valence-electron chi connectivity index (χ4n) is 2.60. The minimum atomic E-state index is -0.0242. The highest BCUT2D eigenvalue weighted by Crippen LogP contribution is 2.20. The zero-order chi connectivity index (χ0) is 20.6. The maximum absolute atomic E-state index is 12.3. The van der Waals surface area contributed by atoms with Crippen LogP contribution in [-0.4, -0.2) is 48.3 Å². The van der Waals surface area contributed by atoms with Gasteiger partial charge in [0.2, 0.25) is 17.6 Å². The van der Waals surface area contributed by atoms with Crippen LogP contribution in [0.5, 0.6) is 11.5 Å². The van der Waals surface area contributed by atoms with Crippen molar-refractivity contribution in [2.24, 2.45) is 0 Å². The van der Waals surface area contributed by atoms with E-state index >= 15 is 0 Å². The number of hydrogen-bond acceptors (Lipinski definition) is 6. The highest BCUT2D eigenvalue weighted by molar-refractivity contribution is 6.30. The van der Waals surface area contributed by atoms with Crippen LogP contribution in [0.1, 0.15) is 12.3 Å². The van der Waals surface area contributed by atoms with E-state index in [4.69, 9.17) is 25.6 Å². The lowest BCUT2D eigenvalue weighted by molar-refractivity contribution is -0.130. The molecule has 0 fully saturated rings. The molecule has 0 aliphatic heterocycles. The second kappa shape index (κ2) is 9.93. The lowest BCUT2D eigenvalue weighted by Gasteiger charge is -2.17. The molecular formula is C21H22ClN3O4. The monoisotopic (exact) mass is 415 g/mol. The van der Waals surface area contributed by atoms with Gasteiger partial charge in [-0.05, 0) is 42.5 Å². The second-order valence-corrected chi connectivity index (χ2v) is 6.80. The van der Waals surface area contributed by atoms with Gasteiger partial charge in [-0.1, -0.05) is 22.8 Å². The fraction of sp³-hybridized carbons (Fsp3) is 0.286. The van der Waals surface area contributed by atoms with Crippen molar-refractivity contribution in [3.63, 3.8) is 0 Å². The molecule has 0 N–H and O–H groups in total. The number of rotatable bonds is 9. The SMILES string of the molecule is COc1ccc(-c2noc(CCC(=O)N(C)CCOc3cccc(Cl)c3)n2)cc1. The smallest absolute Gasteiger partial charge is 0.227 e. The van der Waals surface area contributed by atoms with E-state index in [1.807, 2.05) is 36.4 Å². The third kappa shape index (κ3) is 5.96. The maximum Gasteiger partial charge on any atom is 0.227 e. The Morgan fingerprint density at radius 2 is 1.97 bits per heavy atom. The predicted molar refractivity (Wildman–Crippen MR) is 109 cm³/mol. The van der Waals surface area contributed by atoms with Gasteiger partial charge in [0.1, 0.15) is 18.1 Å². The lowest BCUT2D eigenvalue weighted by Crippen LogP contribution is -2.31. The van der Waals surface area contributed by atoms with Crippen molar-refractivity contribution < 1.29 is 18.8 Å². The Hall–Kier alpha value is -3.06. The van der Waals surface area contributed by atoms with E-state index in [0.717, 1.165) is 11.3 Å². The standard InChI is InChI=1S/C21H22ClN3O4/c1-25(12-13-28-18-5-3-4-16(22)14-18)20(26)11-10-19-23-21(24-29-19)15-6-8-17(27-2)9-7-15/h3-9,14H,10-13H2,1-2H3. The molecule has 29 heavy (non-hydrogen) atoms. The van der Waals surface area contributed by atoms with Crippen molar-refractivity contribution in [3.8, 4) is 22.9 Å². The first-order valence-corrected chi connectivity index (χ1v) is 9.52. The van der Waals surface area contributed by atoms with Gasteiger partial charge in [0.15, 0.2) is 0 Å². The number of hydrogen-bond donors (Lipinski definition) is 0. The van der Waals surface area contributed by atoms with E-state index in [1.165, 1.54) is 0 Å². The average molecular weight is 416 g/mol. The average Bonchev–Trinajstić information content (AvgIpc) is 3.21. The summed E-state index contributed by atoms with van der Waals surface area (Å²) in [5.41, 5.74) is 0.822. The molecule has 0 atom stereocenters. The molecule has 0 saturated carbocycles. The summed E-state index contributed by atoms with van der Waals surface area (Å²) in [6.45, 7) is 0.844. The zero-order valence-electron chi connectivity index (χ0n) is 16.3. The molecule has 0 saturated heterocycles. The van der Waals surface area contributed by atoms with Crippen molar-refractivity contribution in [2.75, 3.05) is 27.3 Å². The highest BCUT2D eigenvalue weighted by atomic mass is 35.5. The number of halogens is 1. The van der Waals surface area contributed by atoms with Crippen LogP contribution in [0.15, 0.2) is 53.1 Å². The molecule has 1 aromatic heterocycles. The van der Waals surface area contributed by atoms with Crippen molar-refractivity contribution >= 4 is 17.5 Å². The largest absolute Gasteiger partial charge is 0.497 e. The summed E-state index contributed by atoms with van der Waals surface area (Å²) in [6, 6.07) is 14.5. The number of carbonyl (C=O) groups is 1. The minimum absolute atomic E-state index is 0.0242. The molecule has 3 aromatic rings. The third-order valence-corrected chi connectivity index (χ3v) is 4.52. The van der Waals surface area contributed by atoms with E-state index in [1.54, 1.807) is 31.2 Å². The number of likely N-dealkylation sites (N-methyl/N-ethyl adjacent to an activating group) is 1. The molecule has 2 aromatic carbocycles. The van der Waals surface area contributed by atoms with Crippen LogP contribution in [0, 0.1) is 0 Å². The molecule has 0 spiro atoms. The summed E-state index contributed by atoms with van der Waals surface area (Å²) >= 11 is 5.92. The molecule has 0 bridgehead atoms. The Balaban J connectivity index is 1.44. The summed E-state index contributed by atoms with van der Waals surface area (Å²) in [7, 11) is 3.35. The third-order valence-electron chi connectivity index (χ3n) is 4.29. The zero-order valence-corrected chi connectivity index (χ0v) is 17.1. The number of aromatic nitrogens is 2. The Kier molecular flexibility index (Phi) is 7.08. The topological polar surface area (TPSA) is 77.7 Å². The number of carbonyl (C=O) groups excluding carboxylic acids is 1. The van der Waals surface area contributed by atoms with Crippen molar-refractivity contribution in [1.29, 1.82) is 0 Å². The van der Waals surface area contributed by atoms with E-state index < -0.39 is 0 Å². The first kappa shape index (κ1) is 20.7. The van der Waals surface area contributed by atoms with Gasteiger partial charge in [-0.3, -0.25) is 4.79 Å². The first-order chi connectivity index (χ1) is 14.0. The van der Waals surface area contributed by atoms with E-state index in [-0.39, 0.29) is 12.3 Å². The van der Waals surface area contributed by atoms with Gasteiger partial charge < -0.3 is 18.9 Å².